The van der Waals surface area contributed by atoms with Crippen molar-refractivity contribution in [1.82, 2.24) is 15.1 Å². The second-order valence-corrected chi connectivity index (χ2v) is 8.49. The lowest BCUT2D eigenvalue weighted by Gasteiger charge is -2.39. The van der Waals surface area contributed by atoms with Crippen LogP contribution in [0.3, 0.4) is 0 Å². The lowest BCUT2D eigenvalue weighted by Crippen LogP contribution is -2.60. The molecule has 1 N–H and O–H groups in total. The minimum absolute atomic E-state index is 0.0255. The number of carbonyl (C=O) groups excluding carboxylic acids is 3. The average Bonchev–Trinajstić information content (AvgIpc) is 2.81. The number of hydrogen-bond donors (Lipinski definition) is 1. The van der Waals surface area contributed by atoms with Gasteiger partial charge in [0.1, 0.15) is 6.04 Å². The van der Waals surface area contributed by atoms with Crippen molar-refractivity contribution in [1.29, 1.82) is 0 Å². The summed E-state index contributed by atoms with van der Waals surface area (Å²) in [7, 11) is 0. The summed E-state index contributed by atoms with van der Waals surface area (Å²) in [5, 5.41) is 2.84. The minimum Gasteiger partial charge on any atom is -0.368 e. The van der Waals surface area contributed by atoms with Crippen LogP contribution in [0.15, 0.2) is 30.3 Å². The van der Waals surface area contributed by atoms with Gasteiger partial charge in [-0.3, -0.25) is 14.4 Å². The molecule has 3 rings (SSSR count). The van der Waals surface area contributed by atoms with Crippen LogP contribution in [0.2, 0.25) is 0 Å². The van der Waals surface area contributed by atoms with Gasteiger partial charge in [-0.15, -0.1) is 0 Å². The van der Waals surface area contributed by atoms with E-state index in [-0.39, 0.29) is 30.1 Å². The molecule has 0 unspecified atom stereocenters. The molecule has 0 aromatic heterocycles. The molecule has 2 aliphatic rings. The molecule has 7 nitrogen and oxygen atoms in total. The number of anilines is 1. The van der Waals surface area contributed by atoms with Gasteiger partial charge in [0, 0.05) is 50.9 Å². The van der Waals surface area contributed by atoms with Crippen LogP contribution in [-0.4, -0.2) is 72.8 Å². The average molecular weight is 429 g/mol. The summed E-state index contributed by atoms with van der Waals surface area (Å²) >= 11 is 0. The third-order valence-electron chi connectivity index (χ3n) is 6.48. The van der Waals surface area contributed by atoms with Gasteiger partial charge in [-0.1, -0.05) is 44.9 Å². The van der Waals surface area contributed by atoms with Crippen LogP contribution in [0.25, 0.3) is 0 Å². The Hall–Kier alpha value is -2.57. The predicted octanol–water partition coefficient (Wildman–Crippen LogP) is 2.27. The molecule has 7 heteroatoms. The summed E-state index contributed by atoms with van der Waals surface area (Å²) in [6.07, 6.45) is 3.71. The Balaban J connectivity index is 1.60. The summed E-state index contributed by atoms with van der Waals surface area (Å²) in [5.41, 5.74) is 1.16. The monoisotopic (exact) mass is 428 g/mol. The Bertz CT molecular complexity index is 746. The molecular formula is C24H36N4O3. The van der Waals surface area contributed by atoms with E-state index in [9.17, 15) is 14.4 Å². The topological polar surface area (TPSA) is 73.0 Å². The van der Waals surface area contributed by atoms with Crippen LogP contribution in [0, 0.1) is 5.92 Å². The van der Waals surface area contributed by atoms with E-state index >= 15 is 0 Å². The number of benzene rings is 1. The molecule has 31 heavy (non-hydrogen) atoms. The summed E-state index contributed by atoms with van der Waals surface area (Å²) in [5.74, 6) is -0.300. The summed E-state index contributed by atoms with van der Waals surface area (Å²) < 4.78 is 0. The quantitative estimate of drug-likeness (QED) is 0.689. The van der Waals surface area contributed by atoms with Crippen LogP contribution in [0.1, 0.15) is 46.0 Å². The highest BCUT2D eigenvalue weighted by molar-refractivity contribution is 5.93. The van der Waals surface area contributed by atoms with E-state index in [1.54, 1.807) is 4.90 Å². The maximum Gasteiger partial charge on any atom is 0.243 e. The zero-order chi connectivity index (χ0) is 22.2. The Morgan fingerprint density at radius 1 is 1.06 bits per heavy atom. The number of rotatable bonds is 8. The van der Waals surface area contributed by atoms with E-state index in [1.165, 1.54) is 0 Å². The van der Waals surface area contributed by atoms with Gasteiger partial charge in [0.25, 0.3) is 0 Å². The molecule has 2 aliphatic heterocycles. The van der Waals surface area contributed by atoms with Gasteiger partial charge in [-0.25, -0.2) is 0 Å². The predicted molar refractivity (Wildman–Crippen MR) is 122 cm³/mol. The third-order valence-corrected chi connectivity index (χ3v) is 6.48. The molecule has 2 heterocycles. The fourth-order valence-electron chi connectivity index (χ4n) is 4.52. The molecule has 170 valence electrons. The molecular weight excluding hydrogens is 392 g/mol. The lowest BCUT2D eigenvalue weighted by molar-refractivity contribution is -0.149. The highest BCUT2D eigenvalue weighted by atomic mass is 16.2. The van der Waals surface area contributed by atoms with E-state index in [4.69, 9.17) is 0 Å². The van der Waals surface area contributed by atoms with Gasteiger partial charge in [-0.05, 0) is 25.0 Å². The SMILES string of the molecule is CCCC[C@H](CC)C(=O)N1CCNC(=O)[C@@H]1CC(=O)N1CCN(c2ccccc2)CC1. The zero-order valence-electron chi connectivity index (χ0n) is 18.9. The molecule has 2 atom stereocenters. The molecule has 0 bridgehead atoms. The van der Waals surface area contributed by atoms with E-state index in [0.29, 0.717) is 26.2 Å². The van der Waals surface area contributed by atoms with Gasteiger partial charge in [0.15, 0.2) is 0 Å². The summed E-state index contributed by atoms with van der Waals surface area (Å²) in [6, 6.07) is 9.49. The van der Waals surface area contributed by atoms with Gasteiger partial charge in [-0.2, -0.15) is 0 Å². The Morgan fingerprint density at radius 2 is 1.77 bits per heavy atom. The molecule has 2 saturated heterocycles. The van der Waals surface area contributed by atoms with E-state index < -0.39 is 6.04 Å². The Labute approximate surface area is 185 Å². The van der Waals surface area contributed by atoms with Crippen LogP contribution in [-0.2, 0) is 14.4 Å². The smallest absolute Gasteiger partial charge is 0.243 e. The largest absolute Gasteiger partial charge is 0.368 e. The number of unbranched alkanes of at least 4 members (excludes halogenated alkanes) is 1. The standard InChI is InChI=1S/C24H36N4O3/c1-3-5-9-19(4-2)24(31)28-13-12-25-23(30)21(28)18-22(29)27-16-14-26(15-17-27)20-10-7-6-8-11-20/h6-8,10-11,19,21H,3-5,9,12-18H2,1-2H3,(H,25,30)/t19-,21-/m0/s1. The molecule has 0 spiro atoms. The molecule has 0 saturated carbocycles. The first-order valence-corrected chi connectivity index (χ1v) is 11.7. The van der Waals surface area contributed by atoms with E-state index in [0.717, 1.165) is 44.5 Å². The van der Waals surface area contributed by atoms with E-state index in [1.807, 2.05) is 30.0 Å². The second kappa shape index (κ2) is 11.2. The van der Waals surface area contributed by atoms with Crippen LogP contribution >= 0.6 is 0 Å². The van der Waals surface area contributed by atoms with Crippen molar-refractivity contribution >= 4 is 23.4 Å². The fourth-order valence-corrected chi connectivity index (χ4v) is 4.52. The number of carbonyl (C=O) groups is 3. The third kappa shape index (κ3) is 5.77. The first-order valence-electron chi connectivity index (χ1n) is 11.7. The highest BCUT2D eigenvalue weighted by Crippen LogP contribution is 2.21. The lowest BCUT2D eigenvalue weighted by atomic mass is 9.95. The normalized spacial score (nSPS) is 20.4. The number of nitrogens with one attached hydrogen (secondary N) is 1. The van der Waals surface area contributed by atoms with Gasteiger partial charge < -0.3 is 20.0 Å². The molecule has 0 radical (unpaired) electrons. The fraction of sp³-hybridized carbons (Fsp3) is 0.625. The number of para-hydroxylation sites is 1. The van der Waals surface area contributed by atoms with E-state index in [2.05, 4.69) is 29.3 Å². The first-order chi connectivity index (χ1) is 15.0. The van der Waals surface area contributed by atoms with Crippen molar-refractivity contribution in [3.8, 4) is 0 Å². The molecule has 3 amide bonds. The number of nitrogens with zero attached hydrogens (tertiary/aromatic N) is 3. The maximum atomic E-state index is 13.2. The van der Waals surface area contributed by atoms with Crippen molar-refractivity contribution in [2.75, 3.05) is 44.2 Å². The van der Waals surface area contributed by atoms with Crippen LogP contribution in [0.5, 0.6) is 0 Å². The Kier molecular flexibility index (Phi) is 8.32. The van der Waals surface area contributed by atoms with Crippen molar-refractivity contribution < 1.29 is 14.4 Å². The second-order valence-electron chi connectivity index (χ2n) is 8.49. The summed E-state index contributed by atoms with van der Waals surface area (Å²) in [4.78, 5) is 44.6. The van der Waals surface area contributed by atoms with Gasteiger partial charge in [0.05, 0.1) is 6.42 Å². The minimum atomic E-state index is -0.698. The maximum absolute atomic E-state index is 13.2. The van der Waals surface area contributed by atoms with Crippen molar-refractivity contribution in [3.63, 3.8) is 0 Å². The van der Waals surface area contributed by atoms with Crippen molar-refractivity contribution in [2.45, 2.75) is 52.0 Å². The van der Waals surface area contributed by atoms with Crippen LogP contribution in [0.4, 0.5) is 5.69 Å². The Morgan fingerprint density at radius 3 is 2.42 bits per heavy atom. The van der Waals surface area contributed by atoms with Crippen molar-refractivity contribution in [2.24, 2.45) is 5.92 Å². The zero-order valence-corrected chi connectivity index (χ0v) is 18.9. The van der Waals surface area contributed by atoms with Gasteiger partial charge in [0.2, 0.25) is 17.7 Å². The van der Waals surface area contributed by atoms with Gasteiger partial charge >= 0.3 is 0 Å². The molecule has 1 aromatic rings. The number of hydrogen-bond acceptors (Lipinski definition) is 4. The summed E-state index contributed by atoms with van der Waals surface area (Å²) in [6.45, 7) is 7.86. The van der Waals surface area contributed by atoms with Crippen LogP contribution < -0.4 is 10.2 Å². The van der Waals surface area contributed by atoms with Crippen molar-refractivity contribution in [3.05, 3.63) is 30.3 Å². The molecule has 0 aliphatic carbocycles. The molecule has 2 fully saturated rings. The molecule has 1 aromatic carbocycles. The number of piperazine rings is 2. The number of amides is 3. The first kappa shape index (κ1) is 23.1. The highest BCUT2D eigenvalue weighted by Gasteiger charge is 2.38.